The van der Waals surface area contributed by atoms with Crippen LogP contribution in [0.3, 0.4) is 0 Å². The smallest absolute Gasteiger partial charge is 0.142 e. The molecule has 2 unspecified atom stereocenters. The summed E-state index contributed by atoms with van der Waals surface area (Å²) in [4.78, 5) is 1.58. The fourth-order valence-corrected chi connectivity index (χ4v) is 5.03. The first kappa shape index (κ1) is 24.4. The molecule has 2 rings (SSSR count). The van der Waals surface area contributed by atoms with Gasteiger partial charge in [0.25, 0.3) is 0 Å². The van der Waals surface area contributed by atoms with Crippen LogP contribution in [0.2, 0.25) is 0 Å². The van der Waals surface area contributed by atoms with Crippen LogP contribution in [-0.4, -0.2) is 37.5 Å². The number of allylic oxidation sites excluding steroid dienone is 3. The highest BCUT2D eigenvalue weighted by molar-refractivity contribution is 8.14. The Hall–Kier alpha value is -1.88. The van der Waals surface area contributed by atoms with Gasteiger partial charge in [0.1, 0.15) is 11.5 Å². The van der Waals surface area contributed by atoms with Gasteiger partial charge in [-0.3, -0.25) is 0 Å². The SMILES string of the molecule is C=S(CCC)CCCCc1cccnn(C2=C(O)C(C(C)(C)C)=CC(C)C2)ncc1. The Morgan fingerprint density at radius 2 is 1.90 bits per heavy atom. The zero-order valence-corrected chi connectivity index (χ0v) is 20.2. The van der Waals surface area contributed by atoms with E-state index in [0.717, 1.165) is 24.1 Å². The maximum atomic E-state index is 10.9. The molecular formula is C25H39N3OS. The Morgan fingerprint density at radius 1 is 1.17 bits per heavy atom. The van der Waals surface area contributed by atoms with Crippen LogP contribution in [0.4, 0.5) is 0 Å². The molecule has 0 bridgehead atoms. The quantitative estimate of drug-likeness (QED) is 0.375. The maximum Gasteiger partial charge on any atom is 0.142 e. The summed E-state index contributed by atoms with van der Waals surface area (Å²) >= 11 is 0. The number of unbranched alkanes of at least 4 members (excludes halogenated alkanes) is 1. The summed E-state index contributed by atoms with van der Waals surface area (Å²) in [6.45, 7) is 10.7. The molecule has 0 saturated carbocycles. The molecule has 0 amide bonds. The summed E-state index contributed by atoms with van der Waals surface area (Å²) in [6, 6.07) is 6.12. The lowest BCUT2D eigenvalue weighted by molar-refractivity contribution is 0.363. The highest BCUT2D eigenvalue weighted by Gasteiger charge is 2.28. The molecular weight excluding hydrogens is 390 g/mol. The number of hydrogen-bond acceptors (Lipinski definition) is 3. The van der Waals surface area contributed by atoms with E-state index in [-0.39, 0.29) is 5.41 Å². The molecule has 1 heterocycles. The van der Waals surface area contributed by atoms with E-state index in [1.807, 2.05) is 6.07 Å². The molecule has 4 nitrogen and oxygen atoms in total. The Kier molecular flexibility index (Phi) is 9.35. The third-order valence-electron chi connectivity index (χ3n) is 5.22. The number of aryl methyl sites for hydroxylation is 1. The van der Waals surface area contributed by atoms with E-state index in [2.05, 4.69) is 68.9 Å². The van der Waals surface area contributed by atoms with Crippen LogP contribution in [0.1, 0.15) is 65.9 Å². The van der Waals surface area contributed by atoms with Gasteiger partial charge >= 0.3 is 0 Å². The van der Waals surface area contributed by atoms with Crippen molar-refractivity contribution in [2.24, 2.45) is 11.3 Å². The number of hydrogen-bond donors (Lipinski definition) is 1. The fourth-order valence-electron chi connectivity index (χ4n) is 3.64. The summed E-state index contributed by atoms with van der Waals surface area (Å²) in [7, 11) is 0.316. The van der Waals surface area contributed by atoms with E-state index >= 15 is 0 Å². The monoisotopic (exact) mass is 429 g/mol. The van der Waals surface area contributed by atoms with Crippen LogP contribution >= 0.6 is 10.5 Å². The lowest BCUT2D eigenvalue weighted by atomic mass is 9.79. The summed E-state index contributed by atoms with van der Waals surface area (Å²) in [6.07, 6.45) is 11.1. The average Bonchev–Trinajstić information content (AvgIpc) is 2.78. The number of aliphatic hydroxyl groups excluding tert-OH is 1. The molecule has 0 fully saturated rings. The number of aromatic nitrogens is 3. The van der Waals surface area contributed by atoms with Crippen molar-refractivity contribution in [3.05, 3.63) is 53.6 Å². The predicted octanol–water partition coefficient (Wildman–Crippen LogP) is 6.58. The van der Waals surface area contributed by atoms with Crippen molar-refractivity contribution in [1.29, 1.82) is 0 Å². The molecule has 1 N–H and O–H groups in total. The van der Waals surface area contributed by atoms with Crippen LogP contribution in [0.25, 0.3) is 5.70 Å². The Bertz CT molecular complexity index is 844. The summed E-state index contributed by atoms with van der Waals surface area (Å²) in [5.41, 5.74) is 2.83. The molecule has 1 aromatic heterocycles. The molecule has 0 spiro atoms. The van der Waals surface area contributed by atoms with Gasteiger partial charge in [0.15, 0.2) is 0 Å². The van der Waals surface area contributed by atoms with Crippen LogP contribution in [0, 0.1) is 11.3 Å². The first-order chi connectivity index (χ1) is 14.2. The summed E-state index contributed by atoms with van der Waals surface area (Å²) < 4.78 is 0. The van der Waals surface area contributed by atoms with E-state index in [1.54, 1.807) is 17.2 Å². The Balaban J connectivity index is 2.18. The van der Waals surface area contributed by atoms with Crippen molar-refractivity contribution in [1.82, 2.24) is 15.0 Å². The van der Waals surface area contributed by atoms with Gasteiger partial charge in [-0.1, -0.05) is 52.6 Å². The number of aliphatic hydroxyl groups is 1. The van der Waals surface area contributed by atoms with E-state index in [0.29, 0.717) is 28.6 Å². The standard InChI is InChI=1S/C25H39N3OS/c1-7-16-30(6)17-9-8-11-21-12-10-14-26-28(27-15-13-21)23-19-20(2)18-22(24(23)29)25(3,4)5/h10,12-15,18,20,29H,6-9,11,16-17,19H2,1-5H3. The Labute approximate surface area is 185 Å². The molecule has 0 radical (unpaired) electrons. The second-order valence-electron chi connectivity index (χ2n) is 9.20. The van der Waals surface area contributed by atoms with Crippen molar-refractivity contribution < 1.29 is 5.11 Å². The van der Waals surface area contributed by atoms with Gasteiger partial charge in [-0.25, -0.2) is 0 Å². The first-order valence-electron chi connectivity index (χ1n) is 11.1. The number of nitrogens with zero attached hydrogens (tertiary/aromatic N) is 3. The molecule has 1 aliphatic rings. The topological polar surface area (TPSA) is 50.9 Å². The second kappa shape index (κ2) is 11.5. The molecule has 1 aromatic rings. The molecule has 1 aliphatic carbocycles. The molecule has 5 heteroatoms. The lowest BCUT2D eigenvalue weighted by Gasteiger charge is -2.29. The zero-order chi connectivity index (χ0) is 22.1. The minimum atomic E-state index is -0.130. The van der Waals surface area contributed by atoms with Crippen molar-refractivity contribution in [3.8, 4) is 0 Å². The van der Waals surface area contributed by atoms with Crippen molar-refractivity contribution >= 4 is 22.1 Å². The molecule has 30 heavy (non-hydrogen) atoms. The second-order valence-corrected chi connectivity index (χ2v) is 11.2. The van der Waals surface area contributed by atoms with Crippen LogP contribution in [0.15, 0.2) is 48.0 Å². The van der Waals surface area contributed by atoms with Crippen molar-refractivity contribution in [2.75, 3.05) is 11.5 Å². The Morgan fingerprint density at radius 3 is 2.60 bits per heavy atom. The van der Waals surface area contributed by atoms with Gasteiger partial charge in [0.05, 0.1) is 0 Å². The summed E-state index contributed by atoms with van der Waals surface area (Å²) in [5.74, 6) is 7.37. The van der Waals surface area contributed by atoms with Gasteiger partial charge < -0.3 is 5.11 Å². The van der Waals surface area contributed by atoms with E-state index in [9.17, 15) is 5.11 Å². The highest BCUT2D eigenvalue weighted by atomic mass is 32.2. The minimum Gasteiger partial charge on any atom is -0.506 e. The van der Waals surface area contributed by atoms with Crippen LogP contribution in [0.5, 0.6) is 0 Å². The molecule has 0 saturated heterocycles. The molecule has 0 aliphatic heterocycles. The summed E-state index contributed by atoms with van der Waals surface area (Å²) in [5, 5.41) is 19.9. The van der Waals surface area contributed by atoms with Crippen LogP contribution in [-0.2, 0) is 6.42 Å². The van der Waals surface area contributed by atoms with Gasteiger partial charge in [0.2, 0.25) is 0 Å². The van der Waals surface area contributed by atoms with Crippen molar-refractivity contribution in [2.45, 2.75) is 66.7 Å². The molecule has 166 valence electrons. The zero-order valence-electron chi connectivity index (χ0n) is 19.4. The maximum absolute atomic E-state index is 10.9. The van der Waals surface area contributed by atoms with E-state index < -0.39 is 0 Å². The van der Waals surface area contributed by atoms with E-state index in [1.165, 1.54) is 29.9 Å². The number of rotatable bonds is 8. The van der Waals surface area contributed by atoms with Gasteiger partial charge in [-0.2, -0.15) is 25.5 Å². The average molecular weight is 430 g/mol. The molecule has 2 atom stereocenters. The van der Waals surface area contributed by atoms with Gasteiger partial charge in [-0.15, -0.1) is 0 Å². The van der Waals surface area contributed by atoms with Gasteiger partial charge in [0, 0.05) is 18.8 Å². The fraction of sp³-hybridized carbons (Fsp3) is 0.560. The van der Waals surface area contributed by atoms with Crippen LogP contribution < -0.4 is 0 Å². The van der Waals surface area contributed by atoms with Gasteiger partial charge in [-0.05, 0) is 71.8 Å². The molecule has 0 aromatic carbocycles. The van der Waals surface area contributed by atoms with Crippen molar-refractivity contribution in [3.63, 3.8) is 0 Å². The third-order valence-corrected chi connectivity index (χ3v) is 7.07. The normalized spacial score (nSPS) is 18.0. The largest absolute Gasteiger partial charge is 0.506 e. The predicted molar refractivity (Wildman–Crippen MR) is 132 cm³/mol. The first-order valence-corrected chi connectivity index (χ1v) is 12.8. The highest BCUT2D eigenvalue weighted by Crippen LogP contribution is 2.38. The third kappa shape index (κ3) is 7.42. The lowest BCUT2D eigenvalue weighted by Crippen LogP contribution is -2.21. The minimum absolute atomic E-state index is 0.130. The van der Waals surface area contributed by atoms with E-state index in [4.69, 9.17) is 0 Å².